The van der Waals surface area contributed by atoms with Crippen molar-refractivity contribution in [2.24, 2.45) is 5.92 Å². The predicted molar refractivity (Wildman–Crippen MR) is 215 cm³/mol. The Bertz CT molecular complexity index is 2470. The van der Waals surface area contributed by atoms with Gasteiger partial charge in [0.15, 0.2) is 17.9 Å². The minimum absolute atomic E-state index is 0.0163. The molecule has 62 heavy (non-hydrogen) atoms. The average molecular weight is 850 g/mol. The maximum Gasteiger partial charge on any atom is 0.407 e. The number of phenolic OH excluding ortho intramolecular Hbond substituents is 2. The molecule has 0 radical (unpaired) electrons. The van der Waals surface area contributed by atoms with E-state index in [1.54, 1.807) is 6.92 Å². The van der Waals surface area contributed by atoms with Gasteiger partial charge in [0.05, 0.1) is 54.9 Å². The smallest absolute Gasteiger partial charge is 0.407 e. The van der Waals surface area contributed by atoms with Crippen molar-refractivity contribution in [1.29, 1.82) is 0 Å². The number of nitrogens with one attached hydrogen (secondary N) is 1. The number of esters is 1. The lowest BCUT2D eigenvalue weighted by Crippen LogP contribution is -2.55. The van der Waals surface area contributed by atoms with Crippen LogP contribution < -0.4 is 10.1 Å². The molecule has 1 heterocycles. The molecule has 1 fully saturated rings. The number of benzene rings is 4. The molecule has 4 aromatic carbocycles. The lowest BCUT2D eigenvalue weighted by molar-refractivity contribution is -0.245. The number of phenols is 2. The summed E-state index contributed by atoms with van der Waals surface area (Å²) in [5.41, 5.74) is 2.82. The van der Waals surface area contributed by atoms with Crippen molar-refractivity contribution in [3.05, 3.63) is 111 Å². The Labute approximate surface area is 354 Å². The van der Waals surface area contributed by atoms with E-state index in [1.807, 2.05) is 48.5 Å². The van der Waals surface area contributed by atoms with Crippen LogP contribution in [-0.4, -0.2) is 101 Å². The number of aliphatic hydroxyl groups is 1. The standard InChI is InChI=1S/C46H43NO15/c1-21-41(52)30(47-46(57)60-19-29-25-10-5-3-8-23(25)24-9-4-6-11-26(24)29)18-36(61-21)62-33-17-22(31(48)20-59-35(51)15-14-34(49)50)16-28-38(33)45(56)40-39(43(28)54)42(53)27-12-7-13-32(58-2)37(27)44(40)55/h3-13,21-22,29-30,33,36,41,52,54,56H,14-20H2,1-2H3,(H,47,57)(H,49,50)/t21-,22+,30-,33-,36?,41+/m0/s1. The summed E-state index contributed by atoms with van der Waals surface area (Å²) in [5, 5.41) is 46.6. The molecule has 0 aromatic heterocycles. The van der Waals surface area contributed by atoms with Gasteiger partial charge in [-0.1, -0.05) is 60.7 Å². The summed E-state index contributed by atoms with van der Waals surface area (Å²) in [6.45, 7) is 0.826. The van der Waals surface area contributed by atoms with Gasteiger partial charge < -0.3 is 49.4 Å². The molecular formula is C46H43NO15. The number of hydrogen-bond donors (Lipinski definition) is 5. The van der Waals surface area contributed by atoms with E-state index in [4.69, 9.17) is 28.8 Å². The van der Waals surface area contributed by atoms with Crippen LogP contribution in [0.25, 0.3) is 11.1 Å². The van der Waals surface area contributed by atoms with Crippen molar-refractivity contribution >= 4 is 35.4 Å². The van der Waals surface area contributed by atoms with Gasteiger partial charge >= 0.3 is 18.0 Å². The van der Waals surface area contributed by atoms with Gasteiger partial charge in [-0.15, -0.1) is 0 Å². The minimum Gasteiger partial charge on any atom is -0.507 e. The summed E-state index contributed by atoms with van der Waals surface area (Å²) >= 11 is 0. The molecule has 3 aliphatic carbocycles. The minimum atomic E-state index is -1.31. The van der Waals surface area contributed by atoms with Crippen molar-refractivity contribution in [2.45, 2.75) is 75.6 Å². The second-order valence-corrected chi connectivity index (χ2v) is 15.7. The van der Waals surface area contributed by atoms with E-state index in [0.717, 1.165) is 22.3 Å². The van der Waals surface area contributed by atoms with Gasteiger partial charge in [-0.3, -0.25) is 24.0 Å². The van der Waals surface area contributed by atoms with Crippen LogP contribution in [0.15, 0.2) is 66.7 Å². The molecule has 16 nitrogen and oxygen atoms in total. The number of carboxylic acids is 1. The van der Waals surface area contributed by atoms with E-state index in [1.165, 1.54) is 25.3 Å². The van der Waals surface area contributed by atoms with Crippen LogP contribution in [0.2, 0.25) is 0 Å². The highest BCUT2D eigenvalue weighted by molar-refractivity contribution is 6.31. The number of aliphatic hydroxyl groups excluding tert-OH is 1. The normalized spacial score (nSPS) is 22.3. The van der Waals surface area contributed by atoms with E-state index >= 15 is 0 Å². The maximum absolute atomic E-state index is 14.1. The van der Waals surface area contributed by atoms with Crippen molar-refractivity contribution < 1.29 is 72.9 Å². The Morgan fingerprint density at radius 2 is 1.47 bits per heavy atom. The molecule has 5 N–H and O–H groups in total. The Balaban J connectivity index is 1.05. The maximum atomic E-state index is 14.1. The van der Waals surface area contributed by atoms with Gasteiger partial charge in [-0.2, -0.15) is 0 Å². The molecule has 16 heteroatoms. The predicted octanol–water partition coefficient (Wildman–Crippen LogP) is 4.88. The highest BCUT2D eigenvalue weighted by Gasteiger charge is 2.46. The summed E-state index contributed by atoms with van der Waals surface area (Å²) < 4.78 is 28.6. The molecule has 0 bridgehead atoms. The second kappa shape index (κ2) is 17.0. The third-order valence-corrected chi connectivity index (χ3v) is 12.1. The van der Waals surface area contributed by atoms with E-state index in [0.29, 0.717) is 0 Å². The van der Waals surface area contributed by atoms with E-state index in [-0.39, 0.29) is 59.8 Å². The van der Waals surface area contributed by atoms with Gasteiger partial charge in [0.1, 0.15) is 36.6 Å². The number of aromatic hydroxyl groups is 2. The van der Waals surface area contributed by atoms with Crippen LogP contribution in [0.4, 0.5) is 4.79 Å². The second-order valence-electron chi connectivity index (χ2n) is 15.7. The SMILES string of the molecule is COc1cccc2c1C(=O)c1c(O)c3c(c(O)c1C2=O)C[C@@H](C(=O)COC(=O)CCC(=O)O)C[C@@H]3OC1C[C@H](NC(=O)OCC2c3ccccc3-c3ccccc32)[C@H](O)[C@H](C)O1. The third kappa shape index (κ3) is 7.65. The highest BCUT2D eigenvalue weighted by atomic mass is 16.7. The number of methoxy groups -OCH3 is 1. The van der Waals surface area contributed by atoms with E-state index in [2.05, 4.69) is 5.32 Å². The number of ketones is 3. The van der Waals surface area contributed by atoms with Crippen LogP contribution in [0, 0.1) is 5.92 Å². The van der Waals surface area contributed by atoms with Gasteiger partial charge in [0.2, 0.25) is 5.78 Å². The number of carbonyl (C=O) groups is 6. The summed E-state index contributed by atoms with van der Waals surface area (Å²) in [6.07, 6.45) is -7.08. The number of rotatable bonds is 12. The number of hydrogen-bond acceptors (Lipinski definition) is 14. The lowest BCUT2D eigenvalue weighted by Gasteiger charge is -2.41. The van der Waals surface area contributed by atoms with Gasteiger partial charge in [-0.05, 0) is 48.1 Å². The molecule has 4 aliphatic rings. The number of Topliss-reactive ketones (excluding diaryl/α,β-unsaturated/α-hetero) is 1. The van der Waals surface area contributed by atoms with Crippen molar-refractivity contribution in [2.75, 3.05) is 20.3 Å². The van der Waals surface area contributed by atoms with Crippen molar-refractivity contribution in [1.82, 2.24) is 5.32 Å². The third-order valence-electron chi connectivity index (χ3n) is 12.1. The monoisotopic (exact) mass is 849 g/mol. The zero-order valence-corrected chi connectivity index (χ0v) is 33.6. The first-order valence-corrected chi connectivity index (χ1v) is 20.1. The molecule has 0 spiro atoms. The summed E-state index contributed by atoms with van der Waals surface area (Å²) in [6, 6.07) is 19.1. The quantitative estimate of drug-likeness (QED) is 0.0830. The molecular weight excluding hydrogens is 806 g/mol. The van der Waals surface area contributed by atoms with Crippen molar-refractivity contribution in [3.8, 4) is 28.4 Å². The molecule has 6 atom stereocenters. The number of amides is 1. The molecule has 1 aliphatic heterocycles. The van der Waals surface area contributed by atoms with Gasteiger partial charge in [0.25, 0.3) is 0 Å². The Hall–Kier alpha value is -6.62. The van der Waals surface area contributed by atoms with Crippen LogP contribution in [0.1, 0.15) is 98.7 Å². The van der Waals surface area contributed by atoms with Crippen LogP contribution in [0.3, 0.4) is 0 Å². The summed E-state index contributed by atoms with van der Waals surface area (Å²) in [7, 11) is 1.31. The first kappa shape index (κ1) is 42.1. The summed E-state index contributed by atoms with van der Waals surface area (Å²) in [4.78, 5) is 78.2. The fourth-order valence-electron chi connectivity index (χ4n) is 9.05. The number of carboxylic acid groups (broad SMARTS) is 1. The largest absolute Gasteiger partial charge is 0.507 e. The first-order chi connectivity index (χ1) is 29.8. The number of fused-ring (bicyclic) bond motifs is 6. The average Bonchev–Trinajstić information content (AvgIpc) is 3.58. The molecule has 1 amide bonds. The van der Waals surface area contributed by atoms with Crippen LogP contribution >= 0.6 is 0 Å². The Kier molecular flexibility index (Phi) is 11.6. The zero-order chi connectivity index (χ0) is 44.0. The number of carbonyl (C=O) groups excluding carboxylic acids is 5. The van der Waals surface area contributed by atoms with Gasteiger partial charge in [0, 0.05) is 34.9 Å². The Morgan fingerprint density at radius 1 is 0.806 bits per heavy atom. The molecule has 0 saturated carbocycles. The molecule has 1 saturated heterocycles. The Morgan fingerprint density at radius 3 is 2.15 bits per heavy atom. The first-order valence-electron chi connectivity index (χ1n) is 20.1. The highest BCUT2D eigenvalue weighted by Crippen LogP contribution is 2.52. The fourth-order valence-corrected chi connectivity index (χ4v) is 9.05. The number of aliphatic carboxylic acids is 1. The summed E-state index contributed by atoms with van der Waals surface area (Å²) in [5.74, 6) is -6.89. The molecule has 322 valence electrons. The van der Waals surface area contributed by atoms with E-state index < -0.39 is 114 Å². The van der Waals surface area contributed by atoms with Crippen LogP contribution in [-0.2, 0) is 39.8 Å². The number of alkyl carbamates (subject to hydrolysis) is 1. The number of ether oxygens (including phenoxy) is 5. The topological polar surface area (TPSA) is 242 Å². The van der Waals surface area contributed by atoms with Crippen LogP contribution in [0.5, 0.6) is 17.2 Å². The molecule has 1 unspecified atom stereocenters. The molecule has 4 aromatic rings. The lowest BCUT2D eigenvalue weighted by atomic mass is 9.73. The van der Waals surface area contributed by atoms with Crippen molar-refractivity contribution in [3.63, 3.8) is 0 Å². The molecule has 8 rings (SSSR count). The fraction of sp³-hybridized carbons (Fsp3) is 0.348. The van der Waals surface area contributed by atoms with E-state index in [9.17, 15) is 44.1 Å². The van der Waals surface area contributed by atoms with Gasteiger partial charge in [-0.25, -0.2) is 4.79 Å². The zero-order valence-electron chi connectivity index (χ0n) is 33.6.